The van der Waals surface area contributed by atoms with Gasteiger partial charge in [-0.05, 0) is 43.7 Å². The van der Waals surface area contributed by atoms with Crippen LogP contribution < -0.4 is 5.43 Å². The Balaban J connectivity index is 1.45. The second-order valence-corrected chi connectivity index (χ2v) is 8.69. The van der Waals surface area contributed by atoms with Crippen molar-refractivity contribution >= 4 is 40.8 Å². The van der Waals surface area contributed by atoms with E-state index in [1.165, 1.54) is 11.8 Å². The number of aromatic nitrogens is 3. The summed E-state index contributed by atoms with van der Waals surface area (Å²) in [5.41, 5.74) is 7.23. The standard InChI is InChI=1S/C25H23N5O3S/c1-16-10-17(2)28-25(27-16)34-15-23(31)29-26-12-20-14-30(22-9-4-3-8-21(20)22)13-18-6-5-7-19(11-18)24(32)33/h3-12,14H,13,15H2,1-2H3,(H,29,31)(H,32,33)/b26-12-. The van der Waals surface area contributed by atoms with Gasteiger partial charge in [0.05, 0.1) is 17.5 Å². The number of hydrazone groups is 1. The molecule has 0 saturated carbocycles. The molecule has 0 spiro atoms. The summed E-state index contributed by atoms with van der Waals surface area (Å²) in [7, 11) is 0. The van der Waals surface area contributed by atoms with E-state index >= 15 is 0 Å². The zero-order valence-corrected chi connectivity index (χ0v) is 19.5. The normalized spacial score (nSPS) is 11.2. The van der Waals surface area contributed by atoms with Gasteiger partial charge in [0, 0.05) is 40.6 Å². The Kier molecular flexibility index (Phi) is 7.03. The average Bonchev–Trinajstić information content (AvgIpc) is 3.15. The molecule has 2 heterocycles. The summed E-state index contributed by atoms with van der Waals surface area (Å²) in [6.07, 6.45) is 3.55. The number of benzene rings is 2. The van der Waals surface area contributed by atoms with Crippen LogP contribution in [0.1, 0.15) is 32.9 Å². The van der Waals surface area contributed by atoms with Crippen LogP contribution in [-0.2, 0) is 11.3 Å². The molecular weight excluding hydrogens is 450 g/mol. The number of amides is 1. The summed E-state index contributed by atoms with van der Waals surface area (Å²) < 4.78 is 2.03. The molecule has 4 aromatic rings. The Morgan fingerprint density at radius 1 is 1.09 bits per heavy atom. The van der Waals surface area contributed by atoms with Crippen molar-refractivity contribution in [3.63, 3.8) is 0 Å². The molecule has 1 amide bonds. The minimum absolute atomic E-state index is 0.155. The Bertz CT molecular complexity index is 1380. The third kappa shape index (κ3) is 5.68. The monoisotopic (exact) mass is 473 g/mol. The number of carbonyl (C=O) groups excluding carboxylic acids is 1. The summed E-state index contributed by atoms with van der Waals surface area (Å²) in [4.78, 5) is 32.1. The number of aryl methyl sites for hydroxylation is 2. The van der Waals surface area contributed by atoms with Crippen LogP contribution >= 0.6 is 11.8 Å². The molecule has 0 fully saturated rings. The third-order valence-corrected chi connectivity index (χ3v) is 5.88. The molecule has 0 bridgehead atoms. The predicted molar refractivity (Wildman–Crippen MR) is 132 cm³/mol. The highest BCUT2D eigenvalue weighted by Crippen LogP contribution is 2.21. The highest BCUT2D eigenvalue weighted by atomic mass is 32.2. The number of hydrogen-bond acceptors (Lipinski definition) is 6. The van der Waals surface area contributed by atoms with Gasteiger partial charge in [0.1, 0.15) is 0 Å². The number of hydrogen-bond donors (Lipinski definition) is 2. The van der Waals surface area contributed by atoms with Gasteiger partial charge in [0.2, 0.25) is 0 Å². The molecule has 0 saturated heterocycles. The molecule has 2 aromatic carbocycles. The maximum Gasteiger partial charge on any atom is 0.335 e. The molecule has 0 aliphatic rings. The quantitative estimate of drug-likeness (QED) is 0.173. The van der Waals surface area contributed by atoms with Crippen molar-refractivity contribution in [1.82, 2.24) is 20.0 Å². The number of rotatable bonds is 8. The van der Waals surface area contributed by atoms with Crippen LogP contribution in [0.15, 0.2) is 71.1 Å². The zero-order valence-electron chi connectivity index (χ0n) is 18.7. The van der Waals surface area contributed by atoms with Gasteiger partial charge in [0.25, 0.3) is 5.91 Å². The van der Waals surface area contributed by atoms with Crippen LogP contribution in [0.5, 0.6) is 0 Å². The summed E-state index contributed by atoms with van der Waals surface area (Å²) >= 11 is 1.26. The van der Waals surface area contributed by atoms with E-state index in [0.717, 1.165) is 33.4 Å². The average molecular weight is 474 g/mol. The van der Waals surface area contributed by atoms with E-state index in [1.807, 2.05) is 61.0 Å². The summed E-state index contributed by atoms with van der Waals surface area (Å²) in [6.45, 7) is 4.29. The van der Waals surface area contributed by atoms with E-state index in [-0.39, 0.29) is 17.2 Å². The predicted octanol–water partition coefficient (Wildman–Crippen LogP) is 4.04. The molecule has 2 N–H and O–H groups in total. The highest BCUT2D eigenvalue weighted by Gasteiger charge is 2.10. The summed E-state index contributed by atoms with van der Waals surface area (Å²) in [5, 5.41) is 14.9. The molecule has 34 heavy (non-hydrogen) atoms. The fourth-order valence-corrected chi connectivity index (χ4v) is 4.34. The van der Waals surface area contributed by atoms with Gasteiger partial charge in [0.15, 0.2) is 5.16 Å². The van der Waals surface area contributed by atoms with Crippen molar-refractivity contribution in [2.24, 2.45) is 5.10 Å². The lowest BCUT2D eigenvalue weighted by Crippen LogP contribution is -2.19. The maximum absolute atomic E-state index is 12.2. The van der Waals surface area contributed by atoms with E-state index in [2.05, 4.69) is 20.5 Å². The number of thioether (sulfide) groups is 1. The van der Waals surface area contributed by atoms with Gasteiger partial charge in [-0.1, -0.05) is 42.1 Å². The lowest BCUT2D eigenvalue weighted by molar-refractivity contribution is -0.118. The van der Waals surface area contributed by atoms with Crippen LogP contribution in [0.4, 0.5) is 0 Å². The van der Waals surface area contributed by atoms with E-state index in [1.54, 1.807) is 24.4 Å². The zero-order chi connectivity index (χ0) is 24.1. The Morgan fingerprint density at radius 3 is 2.62 bits per heavy atom. The van der Waals surface area contributed by atoms with Crippen molar-refractivity contribution < 1.29 is 14.7 Å². The Morgan fingerprint density at radius 2 is 1.85 bits per heavy atom. The van der Waals surface area contributed by atoms with Gasteiger partial charge in [-0.3, -0.25) is 4.79 Å². The van der Waals surface area contributed by atoms with Crippen molar-refractivity contribution in [2.75, 3.05) is 5.75 Å². The number of fused-ring (bicyclic) bond motifs is 1. The molecular formula is C25H23N5O3S. The van der Waals surface area contributed by atoms with Gasteiger partial charge in [-0.2, -0.15) is 5.10 Å². The topological polar surface area (TPSA) is 109 Å². The van der Waals surface area contributed by atoms with Crippen molar-refractivity contribution in [3.05, 3.63) is 88.9 Å². The highest BCUT2D eigenvalue weighted by molar-refractivity contribution is 7.99. The number of carboxylic acids is 1. The first-order valence-corrected chi connectivity index (χ1v) is 11.5. The second kappa shape index (κ2) is 10.3. The molecule has 0 radical (unpaired) electrons. The molecule has 0 unspecified atom stereocenters. The lowest BCUT2D eigenvalue weighted by atomic mass is 10.1. The molecule has 0 atom stereocenters. The number of carboxylic acid groups (broad SMARTS) is 1. The van der Waals surface area contributed by atoms with E-state index in [9.17, 15) is 14.7 Å². The third-order valence-electron chi connectivity index (χ3n) is 5.03. The molecule has 172 valence electrons. The number of nitrogens with one attached hydrogen (secondary N) is 1. The van der Waals surface area contributed by atoms with Gasteiger partial charge in [-0.15, -0.1) is 0 Å². The van der Waals surface area contributed by atoms with E-state index in [4.69, 9.17) is 0 Å². The van der Waals surface area contributed by atoms with E-state index < -0.39 is 5.97 Å². The van der Waals surface area contributed by atoms with Crippen LogP contribution in [0.2, 0.25) is 0 Å². The summed E-state index contributed by atoms with van der Waals surface area (Å²) in [5.74, 6) is -1.05. The van der Waals surface area contributed by atoms with Crippen molar-refractivity contribution in [3.8, 4) is 0 Å². The van der Waals surface area contributed by atoms with Crippen LogP contribution in [0.25, 0.3) is 10.9 Å². The second-order valence-electron chi connectivity index (χ2n) is 7.75. The molecule has 8 nitrogen and oxygen atoms in total. The van der Waals surface area contributed by atoms with Gasteiger partial charge in [-0.25, -0.2) is 20.2 Å². The van der Waals surface area contributed by atoms with Crippen LogP contribution in [-0.4, -0.2) is 43.5 Å². The number of carbonyl (C=O) groups is 2. The van der Waals surface area contributed by atoms with Crippen molar-refractivity contribution in [2.45, 2.75) is 25.5 Å². The molecule has 0 aliphatic carbocycles. The SMILES string of the molecule is Cc1cc(C)nc(SCC(=O)N/N=C\c2cn(Cc3cccc(C(=O)O)c3)c3ccccc23)n1. The Labute approximate surface area is 200 Å². The molecule has 0 aliphatic heterocycles. The molecule has 2 aromatic heterocycles. The van der Waals surface area contributed by atoms with E-state index in [0.29, 0.717) is 11.7 Å². The van der Waals surface area contributed by atoms with Crippen LogP contribution in [0.3, 0.4) is 0 Å². The summed E-state index contributed by atoms with van der Waals surface area (Å²) in [6, 6.07) is 16.6. The first-order chi connectivity index (χ1) is 16.4. The maximum atomic E-state index is 12.2. The van der Waals surface area contributed by atoms with Gasteiger partial charge < -0.3 is 9.67 Å². The minimum atomic E-state index is -0.954. The number of nitrogens with zero attached hydrogens (tertiary/aromatic N) is 4. The Hall–Kier alpha value is -3.98. The lowest BCUT2D eigenvalue weighted by Gasteiger charge is -2.06. The first kappa shape index (κ1) is 23.2. The smallest absolute Gasteiger partial charge is 0.335 e. The fourth-order valence-electron chi connectivity index (χ4n) is 3.60. The minimum Gasteiger partial charge on any atom is -0.478 e. The fraction of sp³-hybridized carbons (Fsp3) is 0.160. The molecule has 4 rings (SSSR count). The number of para-hydroxylation sites is 1. The molecule has 9 heteroatoms. The number of aromatic carboxylic acids is 1. The van der Waals surface area contributed by atoms with Crippen LogP contribution in [0, 0.1) is 13.8 Å². The largest absolute Gasteiger partial charge is 0.478 e. The van der Waals surface area contributed by atoms with Crippen molar-refractivity contribution in [1.29, 1.82) is 0 Å². The van der Waals surface area contributed by atoms with Gasteiger partial charge >= 0.3 is 5.97 Å². The first-order valence-electron chi connectivity index (χ1n) is 10.6.